The molecule has 5 heteroatoms. The van der Waals surface area contributed by atoms with Crippen LogP contribution in [0.25, 0.3) is 0 Å². The van der Waals surface area contributed by atoms with Crippen molar-refractivity contribution in [1.82, 2.24) is 9.97 Å². The lowest BCUT2D eigenvalue weighted by Gasteiger charge is -2.26. The van der Waals surface area contributed by atoms with Crippen LogP contribution in [0.3, 0.4) is 0 Å². The molecule has 0 bridgehead atoms. The molecular weight excluding hydrogens is 204 g/mol. The summed E-state index contributed by atoms with van der Waals surface area (Å²) in [6.07, 6.45) is 3.42. The Labute approximate surface area is 96.5 Å². The van der Waals surface area contributed by atoms with Gasteiger partial charge in [0.15, 0.2) is 0 Å². The minimum Gasteiger partial charge on any atom is -0.395 e. The molecule has 0 saturated heterocycles. The predicted molar refractivity (Wildman–Crippen MR) is 65.8 cm³/mol. The highest BCUT2D eigenvalue weighted by Gasteiger charge is 2.11. The number of hydrogen-bond donors (Lipinski definition) is 2. The van der Waals surface area contributed by atoms with Crippen LogP contribution in [-0.4, -0.2) is 40.8 Å². The maximum absolute atomic E-state index is 9.01. The van der Waals surface area contributed by atoms with Gasteiger partial charge < -0.3 is 15.3 Å². The molecule has 0 spiro atoms. The van der Waals surface area contributed by atoms with E-state index in [4.69, 9.17) is 5.11 Å². The molecule has 0 saturated carbocycles. The summed E-state index contributed by atoms with van der Waals surface area (Å²) in [6, 6.07) is 0.290. The molecule has 1 rings (SSSR count). The molecule has 1 aromatic heterocycles. The SMILES string of the molecule is CCNc1cncc(N(CCO)C(C)C)n1. The molecule has 16 heavy (non-hydrogen) atoms. The van der Waals surface area contributed by atoms with Crippen LogP contribution >= 0.6 is 0 Å². The molecule has 1 heterocycles. The lowest BCUT2D eigenvalue weighted by molar-refractivity contribution is 0.298. The molecule has 0 atom stereocenters. The average Bonchev–Trinajstić information content (AvgIpc) is 2.26. The van der Waals surface area contributed by atoms with Gasteiger partial charge in [-0.3, -0.25) is 4.98 Å². The van der Waals surface area contributed by atoms with Gasteiger partial charge in [0, 0.05) is 19.1 Å². The molecule has 0 aliphatic carbocycles. The maximum atomic E-state index is 9.01. The Bertz CT molecular complexity index is 317. The molecular formula is C11H20N4O. The lowest BCUT2D eigenvalue weighted by Crippen LogP contribution is -2.34. The first kappa shape index (κ1) is 12.7. The third kappa shape index (κ3) is 3.34. The van der Waals surface area contributed by atoms with E-state index in [0.717, 1.165) is 18.2 Å². The summed E-state index contributed by atoms with van der Waals surface area (Å²) in [6.45, 7) is 7.66. The van der Waals surface area contributed by atoms with Crippen LogP contribution in [0.5, 0.6) is 0 Å². The van der Waals surface area contributed by atoms with Crippen LogP contribution in [0.1, 0.15) is 20.8 Å². The Morgan fingerprint density at radius 1 is 1.44 bits per heavy atom. The molecule has 1 aromatic rings. The zero-order valence-electron chi connectivity index (χ0n) is 10.1. The van der Waals surface area contributed by atoms with Crippen LogP contribution in [0.15, 0.2) is 12.4 Å². The molecule has 5 nitrogen and oxygen atoms in total. The highest BCUT2D eigenvalue weighted by atomic mass is 16.3. The molecule has 0 unspecified atom stereocenters. The van der Waals surface area contributed by atoms with Crippen molar-refractivity contribution in [2.24, 2.45) is 0 Å². The number of nitrogens with zero attached hydrogens (tertiary/aromatic N) is 3. The van der Waals surface area contributed by atoms with Gasteiger partial charge in [0.05, 0.1) is 19.0 Å². The average molecular weight is 224 g/mol. The van der Waals surface area contributed by atoms with E-state index in [1.807, 2.05) is 11.8 Å². The second kappa shape index (κ2) is 6.27. The van der Waals surface area contributed by atoms with E-state index >= 15 is 0 Å². The first-order chi connectivity index (χ1) is 7.69. The molecule has 0 aliphatic rings. The number of anilines is 2. The molecule has 0 radical (unpaired) electrons. The van der Waals surface area contributed by atoms with E-state index in [0.29, 0.717) is 12.6 Å². The summed E-state index contributed by atoms with van der Waals surface area (Å²) in [5.74, 6) is 1.56. The minimum atomic E-state index is 0.116. The van der Waals surface area contributed by atoms with Gasteiger partial charge in [0.25, 0.3) is 0 Å². The third-order valence-corrected chi connectivity index (χ3v) is 2.24. The monoisotopic (exact) mass is 224 g/mol. The van der Waals surface area contributed by atoms with E-state index < -0.39 is 0 Å². The van der Waals surface area contributed by atoms with Gasteiger partial charge in [0.1, 0.15) is 11.6 Å². The molecule has 90 valence electrons. The Kier molecular flexibility index (Phi) is 4.98. The number of aliphatic hydroxyl groups is 1. The summed E-state index contributed by atoms with van der Waals surface area (Å²) in [4.78, 5) is 10.6. The molecule has 0 fully saturated rings. The third-order valence-electron chi connectivity index (χ3n) is 2.24. The van der Waals surface area contributed by atoms with Gasteiger partial charge >= 0.3 is 0 Å². The summed E-state index contributed by atoms with van der Waals surface area (Å²) in [5, 5.41) is 12.1. The normalized spacial score (nSPS) is 10.6. The fourth-order valence-electron chi connectivity index (χ4n) is 1.51. The first-order valence-corrected chi connectivity index (χ1v) is 5.62. The van der Waals surface area contributed by atoms with Crippen LogP contribution in [0.2, 0.25) is 0 Å². The maximum Gasteiger partial charge on any atom is 0.149 e. The standard InChI is InChI=1S/C11H20N4O/c1-4-13-10-7-12-8-11(14-10)15(5-6-16)9(2)3/h7-9,16H,4-6H2,1-3H3,(H,13,14). The number of aliphatic hydroxyl groups excluding tert-OH is 1. The van der Waals surface area contributed by atoms with Gasteiger partial charge in [-0.25, -0.2) is 4.98 Å². The van der Waals surface area contributed by atoms with E-state index in [1.54, 1.807) is 12.4 Å². The van der Waals surface area contributed by atoms with Crippen molar-refractivity contribution in [2.45, 2.75) is 26.8 Å². The summed E-state index contributed by atoms with van der Waals surface area (Å²) >= 11 is 0. The van der Waals surface area contributed by atoms with E-state index in [9.17, 15) is 0 Å². The van der Waals surface area contributed by atoms with Crippen molar-refractivity contribution in [3.05, 3.63) is 12.4 Å². The quantitative estimate of drug-likeness (QED) is 0.758. The van der Waals surface area contributed by atoms with Crippen molar-refractivity contribution in [1.29, 1.82) is 0 Å². The largest absolute Gasteiger partial charge is 0.395 e. The smallest absolute Gasteiger partial charge is 0.149 e. The zero-order chi connectivity index (χ0) is 12.0. The number of nitrogens with one attached hydrogen (secondary N) is 1. The van der Waals surface area contributed by atoms with Gasteiger partial charge in [-0.15, -0.1) is 0 Å². The van der Waals surface area contributed by atoms with Crippen LogP contribution < -0.4 is 10.2 Å². The Morgan fingerprint density at radius 2 is 2.19 bits per heavy atom. The van der Waals surface area contributed by atoms with Crippen molar-refractivity contribution in [3.63, 3.8) is 0 Å². The zero-order valence-corrected chi connectivity index (χ0v) is 10.1. The summed E-state index contributed by atoms with van der Waals surface area (Å²) < 4.78 is 0. The number of rotatable bonds is 6. The van der Waals surface area contributed by atoms with Gasteiger partial charge in [-0.2, -0.15) is 0 Å². The summed E-state index contributed by atoms with van der Waals surface area (Å²) in [7, 11) is 0. The van der Waals surface area contributed by atoms with E-state index in [1.165, 1.54) is 0 Å². The van der Waals surface area contributed by atoms with Crippen molar-refractivity contribution in [3.8, 4) is 0 Å². The number of aromatic nitrogens is 2. The summed E-state index contributed by atoms with van der Waals surface area (Å²) in [5.41, 5.74) is 0. The van der Waals surface area contributed by atoms with E-state index in [2.05, 4.69) is 29.1 Å². The Balaban J connectivity index is 2.86. The van der Waals surface area contributed by atoms with Crippen LogP contribution in [-0.2, 0) is 0 Å². The topological polar surface area (TPSA) is 61.3 Å². The van der Waals surface area contributed by atoms with Crippen molar-refractivity contribution >= 4 is 11.6 Å². The lowest BCUT2D eigenvalue weighted by atomic mass is 10.3. The highest BCUT2D eigenvalue weighted by Crippen LogP contribution is 2.14. The molecule has 0 aromatic carbocycles. The number of hydrogen-bond acceptors (Lipinski definition) is 5. The van der Waals surface area contributed by atoms with Crippen molar-refractivity contribution in [2.75, 3.05) is 29.9 Å². The fourth-order valence-corrected chi connectivity index (χ4v) is 1.51. The first-order valence-electron chi connectivity index (χ1n) is 5.62. The molecule has 2 N–H and O–H groups in total. The minimum absolute atomic E-state index is 0.116. The van der Waals surface area contributed by atoms with Crippen molar-refractivity contribution < 1.29 is 5.11 Å². The van der Waals surface area contributed by atoms with Crippen LogP contribution in [0.4, 0.5) is 11.6 Å². The van der Waals surface area contributed by atoms with Gasteiger partial charge in [0.2, 0.25) is 0 Å². The van der Waals surface area contributed by atoms with Crippen LogP contribution in [0, 0.1) is 0 Å². The predicted octanol–water partition coefficient (Wildman–Crippen LogP) is 1.12. The second-order valence-corrected chi connectivity index (χ2v) is 3.80. The second-order valence-electron chi connectivity index (χ2n) is 3.80. The van der Waals surface area contributed by atoms with E-state index in [-0.39, 0.29) is 6.61 Å². The van der Waals surface area contributed by atoms with Gasteiger partial charge in [-0.1, -0.05) is 0 Å². The fraction of sp³-hybridized carbons (Fsp3) is 0.636. The molecule has 0 aliphatic heterocycles. The molecule has 0 amide bonds. The van der Waals surface area contributed by atoms with Gasteiger partial charge in [-0.05, 0) is 20.8 Å². The highest BCUT2D eigenvalue weighted by molar-refractivity contribution is 5.44. The Hall–Kier alpha value is -1.36. The Morgan fingerprint density at radius 3 is 2.75 bits per heavy atom.